The summed E-state index contributed by atoms with van der Waals surface area (Å²) in [5, 5.41) is 0.766. The smallest absolute Gasteiger partial charge is 0.0409 e. The van der Waals surface area contributed by atoms with Crippen LogP contribution in [0.4, 0.5) is 0 Å². The molecule has 3 heteroatoms. The van der Waals surface area contributed by atoms with Gasteiger partial charge in [-0.05, 0) is 36.5 Å². The highest BCUT2D eigenvalue weighted by molar-refractivity contribution is 6.30. The minimum atomic E-state index is 0. The molecule has 0 radical (unpaired) electrons. The van der Waals surface area contributed by atoms with E-state index in [1.807, 2.05) is 24.3 Å². The molecule has 1 atom stereocenters. The molecule has 0 aliphatic carbocycles. The van der Waals surface area contributed by atoms with Crippen molar-refractivity contribution >= 4 is 24.0 Å². The van der Waals surface area contributed by atoms with Crippen LogP contribution in [0.5, 0.6) is 0 Å². The molecule has 0 fully saturated rings. The van der Waals surface area contributed by atoms with Gasteiger partial charge in [-0.2, -0.15) is 0 Å². The van der Waals surface area contributed by atoms with Gasteiger partial charge < -0.3 is 5.73 Å². The topological polar surface area (TPSA) is 26.0 Å². The Morgan fingerprint density at radius 1 is 1.27 bits per heavy atom. The molecule has 0 bridgehead atoms. The van der Waals surface area contributed by atoms with E-state index in [2.05, 4.69) is 13.8 Å². The molecule has 0 aliphatic heterocycles. The van der Waals surface area contributed by atoms with Gasteiger partial charge in [0, 0.05) is 11.1 Å². The van der Waals surface area contributed by atoms with Gasteiger partial charge in [-0.3, -0.25) is 0 Å². The molecule has 1 aromatic rings. The van der Waals surface area contributed by atoms with E-state index in [4.69, 9.17) is 17.3 Å². The van der Waals surface area contributed by atoms with Gasteiger partial charge in [0.05, 0.1) is 0 Å². The van der Waals surface area contributed by atoms with E-state index in [0.717, 1.165) is 23.4 Å². The van der Waals surface area contributed by atoms with Crippen molar-refractivity contribution in [2.45, 2.75) is 32.7 Å². The Kier molecular flexibility index (Phi) is 6.99. The molecular weight excluding hydrogens is 229 g/mol. The highest BCUT2D eigenvalue weighted by Gasteiger charge is 2.06. The Labute approximate surface area is 103 Å². The first-order chi connectivity index (χ1) is 6.59. The number of rotatable bonds is 4. The number of hydrogen-bond donors (Lipinski definition) is 1. The van der Waals surface area contributed by atoms with Gasteiger partial charge in [0.1, 0.15) is 0 Å². The Hall–Kier alpha value is -0.240. The summed E-state index contributed by atoms with van der Waals surface area (Å²) < 4.78 is 0. The maximum absolute atomic E-state index is 6.05. The summed E-state index contributed by atoms with van der Waals surface area (Å²) in [4.78, 5) is 0. The van der Waals surface area contributed by atoms with Gasteiger partial charge >= 0.3 is 0 Å². The van der Waals surface area contributed by atoms with Crippen LogP contribution >= 0.6 is 24.0 Å². The van der Waals surface area contributed by atoms with Gasteiger partial charge in [-0.25, -0.2) is 0 Å². The summed E-state index contributed by atoms with van der Waals surface area (Å²) in [6.45, 7) is 4.43. The van der Waals surface area contributed by atoms with E-state index in [1.54, 1.807) is 0 Å². The van der Waals surface area contributed by atoms with E-state index >= 15 is 0 Å². The molecule has 0 unspecified atom stereocenters. The lowest BCUT2D eigenvalue weighted by Crippen LogP contribution is -2.11. The second kappa shape index (κ2) is 7.10. The highest BCUT2D eigenvalue weighted by Crippen LogP contribution is 2.21. The molecule has 0 amide bonds. The Bertz CT molecular complexity index is 287. The number of nitrogens with two attached hydrogens (primary N) is 1. The van der Waals surface area contributed by atoms with Crippen LogP contribution in [0, 0.1) is 5.92 Å². The highest BCUT2D eigenvalue weighted by atomic mass is 35.5. The summed E-state index contributed by atoms with van der Waals surface area (Å²) in [5.74, 6) is 0.709. The maximum atomic E-state index is 6.05. The van der Waals surface area contributed by atoms with Crippen molar-refractivity contribution in [3.05, 3.63) is 34.9 Å². The third-order valence-electron chi connectivity index (χ3n) is 2.33. The average Bonchev–Trinajstić information content (AvgIpc) is 2.14. The summed E-state index contributed by atoms with van der Waals surface area (Å²) in [6.07, 6.45) is 2.19. The van der Waals surface area contributed by atoms with E-state index in [1.165, 1.54) is 0 Å². The van der Waals surface area contributed by atoms with Crippen molar-refractivity contribution in [2.75, 3.05) is 0 Å². The maximum Gasteiger partial charge on any atom is 0.0409 e. The molecule has 1 rings (SSSR count). The molecule has 15 heavy (non-hydrogen) atoms. The third kappa shape index (κ3) is 5.41. The van der Waals surface area contributed by atoms with Gasteiger partial charge in [-0.15, -0.1) is 12.4 Å². The van der Waals surface area contributed by atoms with E-state index in [-0.39, 0.29) is 18.4 Å². The molecular formula is C12H19Cl2N. The lowest BCUT2D eigenvalue weighted by atomic mass is 9.98. The second-order valence-electron chi connectivity index (χ2n) is 4.13. The Balaban J connectivity index is 0.00000196. The third-order valence-corrected chi connectivity index (χ3v) is 2.57. The lowest BCUT2D eigenvalue weighted by molar-refractivity contribution is 0.507. The molecule has 1 aromatic carbocycles. The Morgan fingerprint density at radius 3 is 2.47 bits per heavy atom. The van der Waals surface area contributed by atoms with Crippen LogP contribution < -0.4 is 5.73 Å². The zero-order chi connectivity index (χ0) is 10.6. The molecule has 0 saturated carbocycles. The summed E-state index contributed by atoms with van der Waals surface area (Å²) in [6, 6.07) is 7.94. The number of halogens is 2. The predicted molar refractivity (Wildman–Crippen MR) is 69.7 cm³/mol. The zero-order valence-corrected chi connectivity index (χ0v) is 10.8. The van der Waals surface area contributed by atoms with E-state index < -0.39 is 0 Å². The first-order valence-corrected chi connectivity index (χ1v) is 5.48. The monoisotopic (exact) mass is 247 g/mol. The molecule has 2 N–H and O–H groups in total. The van der Waals surface area contributed by atoms with Gasteiger partial charge in [0.2, 0.25) is 0 Å². The molecule has 0 aromatic heterocycles. The first kappa shape index (κ1) is 14.8. The fourth-order valence-electron chi connectivity index (χ4n) is 1.42. The Morgan fingerprint density at radius 2 is 1.93 bits per heavy atom. The van der Waals surface area contributed by atoms with Gasteiger partial charge in [-0.1, -0.05) is 37.6 Å². The van der Waals surface area contributed by atoms with Crippen LogP contribution in [-0.2, 0) is 0 Å². The van der Waals surface area contributed by atoms with E-state index in [9.17, 15) is 0 Å². The summed E-state index contributed by atoms with van der Waals surface area (Å²) >= 11 is 5.90. The molecule has 1 nitrogen and oxygen atoms in total. The minimum Gasteiger partial charge on any atom is -0.324 e. The van der Waals surface area contributed by atoms with Crippen LogP contribution in [0.1, 0.15) is 38.3 Å². The van der Waals surface area contributed by atoms with Gasteiger partial charge in [0.25, 0.3) is 0 Å². The largest absolute Gasteiger partial charge is 0.324 e. The van der Waals surface area contributed by atoms with Gasteiger partial charge in [0.15, 0.2) is 0 Å². The fraction of sp³-hybridized carbons (Fsp3) is 0.500. The SMILES string of the molecule is CC(C)CC[C@H](N)c1cccc(Cl)c1.Cl. The molecule has 0 saturated heterocycles. The minimum absolute atomic E-state index is 0. The fourth-order valence-corrected chi connectivity index (χ4v) is 1.62. The van der Waals surface area contributed by atoms with E-state index in [0.29, 0.717) is 5.92 Å². The molecule has 0 spiro atoms. The average molecular weight is 248 g/mol. The van der Waals surface area contributed by atoms with Crippen LogP contribution in [0.2, 0.25) is 5.02 Å². The number of hydrogen-bond acceptors (Lipinski definition) is 1. The lowest BCUT2D eigenvalue weighted by Gasteiger charge is -2.13. The predicted octanol–water partition coefficient (Wildman–Crippen LogP) is 4.20. The first-order valence-electron chi connectivity index (χ1n) is 5.10. The summed E-state index contributed by atoms with van der Waals surface area (Å²) in [5.41, 5.74) is 7.19. The van der Waals surface area contributed by atoms with Crippen molar-refractivity contribution in [2.24, 2.45) is 11.7 Å². The molecule has 86 valence electrons. The summed E-state index contributed by atoms with van der Waals surface area (Å²) in [7, 11) is 0. The van der Waals surface area contributed by atoms with Crippen molar-refractivity contribution in [1.29, 1.82) is 0 Å². The van der Waals surface area contributed by atoms with Crippen molar-refractivity contribution in [3.8, 4) is 0 Å². The van der Waals surface area contributed by atoms with Crippen LogP contribution in [0.25, 0.3) is 0 Å². The standard InChI is InChI=1S/C12H18ClN.ClH/c1-9(2)6-7-12(14)10-4-3-5-11(13)8-10;/h3-5,8-9,12H,6-7,14H2,1-2H3;1H/t12-;/m0./s1. The van der Waals surface area contributed by atoms with Crippen molar-refractivity contribution in [3.63, 3.8) is 0 Å². The number of benzene rings is 1. The normalized spacial score (nSPS) is 12.3. The zero-order valence-electron chi connectivity index (χ0n) is 9.24. The van der Waals surface area contributed by atoms with Crippen LogP contribution in [0.15, 0.2) is 24.3 Å². The molecule has 0 aliphatic rings. The molecule has 0 heterocycles. The van der Waals surface area contributed by atoms with Crippen molar-refractivity contribution < 1.29 is 0 Å². The second-order valence-corrected chi connectivity index (χ2v) is 4.57. The van der Waals surface area contributed by atoms with Crippen LogP contribution in [0.3, 0.4) is 0 Å². The quantitative estimate of drug-likeness (QED) is 0.849. The van der Waals surface area contributed by atoms with Crippen LogP contribution in [-0.4, -0.2) is 0 Å². The van der Waals surface area contributed by atoms with Crippen molar-refractivity contribution in [1.82, 2.24) is 0 Å².